The average Bonchev–Trinajstić information content (AvgIpc) is 2.80. The number of rotatable bonds is 4. The zero-order chi connectivity index (χ0) is 14.3. The second-order valence-corrected chi connectivity index (χ2v) is 5.87. The van der Waals surface area contributed by atoms with Crippen molar-refractivity contribution in [3.05, 3.63) is 30.3 Å². The first-order chi connectivity index (χ1) is 10.4. The number of anilines is 1. The lowest BCUT2D eigenvalue weighted by molar-refractivity contribution is -0.0925. The number of hydrogen-bond donors (Lipinski definition) is 0. The molecule has 2 fully saturated rings. The molecule has 0 aliphatic carbocycles. The molecule has 0 N–H and O–H groups in total. The highest BCUT2D eigenvalue weighted by molar-refractivity contribution is 5.46. The van der Waals surface area contributed by atoms with Gasteiger partial charge in [-0.3, -0.25) is 0 Å². The van der Waals surface area contributed by atoms with Crippen LogP contribution in [0, 0.1) is 0 Å². The summed E-state index contributed by atoms with van der Waals surface area (Å²) >= 11 is 0. The molecule has 0 radical (unpaired) electrons. The number of benzene rings is 1. The Kier molecular flexibility index (Phi) is 5.49. The summed E-state index contributed by atoms with van der Waals surface area (Å²) in [5.41, 5.74) is 1.35. The van der Waals surface area contributed by atoms with Crippen LogP contribution in [0.4, 0.5) is 5.69 Å². The van der Waals surface area contributed by atoms with Gasteiger partial charge in [-0.15, -0.1) is 0 Å². The maximum absolute atomic E-state index is 5.73. The molecule has 1 aromatic carbocycles. The van der Waals surface area contributed by atoms with E-state index in [0.717, 1.165) is 52.4 Å². The Morgan fingerprint density at radius 1 is 1.00 bits per heavy atom. The minimum absolute atomic E-state index is 0.298. The molecule has 1 aromatic rings. The Hall–Kier alpha value is -1.10. The molecule has 0 saturated carbocycles. The zero-order valence-electron chi connectivity index (χ0n) is 12.7. The predicted molar refractivity (Wildman–Crippen MR) is 84.9 cm³/mol. The van der Waals surface area contributed by atoms with Crippen LogP contribution in [-0.4, -0.2) is 63.5 Å². The number of hydrogen-bond acceptors (Lipinski definition) is 4. The van der Waals surface area contributed by atoms with Crippen molar-refractivity contribution in [2.75, 3.05) is 57.4 Å². The number of nitrogens with zero attached hydrogens (tertiary/aromatic N) is 2. The summed E-state index contributed by atoms with van der Waals surface area (Å²) in [5, 5.41) is 0. The molecule has 2 aliphatic rings. The fraction of sp³-hybridized carbons (Fsp3) is 0.647. The summed E-state index contributed by atoms with van der Waals surface area (Å²) in [7, 11) is 0. The SMILES string of the molecule is c1ccc(N2CCCN(CCC3COCCO3)CC2)cc1. The minimum atomic E-state index is 0.298. The highest BCUT2D eigenvalue weighted by Crippen LogP contribution is 2.16. The van der Waals surface area contributed by atoms with Crippen LogP contribution in [-0.2, 0) is 9.47 Å². The first-order valence-electron chi connectivity index (χ1n) is 8.13. The standard InChI is InChI=1S/C17H26N2O2/c1-2-5-16(6-3-1)19-9-4-8-18(11-12-19)10-7-17-15-20-13-14-21-17/h1-3,5-6,17H,4,7-15H2. The first kappa shape index (κ1) is 14.8. The van der Waals surface area contributed by atoms with Gasteiger partial charge in [0.2, 0.25) is 0 Å². The normalized spacial score (nSPS) is 24.8. The lowest BCUT2D eigenvalue weighted by Gasteiger charge is -2.27. The van der Waals surface area contributed by atoms with E-state index in [2.05, 4.69) is 40.1 Å². The van der Waals surface area contributed by atoms with Crippen LogP contribution in [0.5, 0.6) is 0 Å². The third kappa shape index (κ3) is 4.43. The van der Waals surface area contributed by atoms with E-state index in [-0.39, 0.29) is 0 Å². The van der Waals surface area contributed by atoms with E-state index < -0.39 is 0 Å². The Morgan fingerprint density at radius 3 is 2.71 bits per heavy atom. The highest BCUT2D eigenvalue weighted by Gasteiger charge is 2.18. The van der Waals surface area contributed by atoms with Gasteiger partial charge in [0.05, 0.1) is 25.9 Å². The van der Waals surface area contributed by atoms with E-state index in [4.69, 9.17) is 9.47 Å². The van der Waals surface area contributed by atoms with Crippen molar-refractivity contribution in [2.24, 2.45) is 0 Å². The zero-order valence-corrected chi connectivity index (χ0v) is 12.7. The summed E-state index contributed by atoms with van der Waals surface area (Å²) < 4.78 is 11.2. The van der Waals surface area contributed by atoms with Crippen LogP contribution < -0.4 is 4.90 Å². The van der Waals surface area contributed by atoms with Crippen molar-refractivity contribution in [3.8, 4) is 0 Å². The third-order valence-electron chi connectivity index (χ3n) is 4.36. The lowest BCUT2D eigenvalue weighted by Crippen LogP contribution is -2.35. The first-order valence-corrected chi connectivity index (χ1v) is 8.13. The van der Waals surface area contributed by atoms with Crippen molar-refractivity contribution in [2.45, 2.75) is 18.9 Å². The molecule has 1 atom stereocenters. The second kappa shape index (κ2) is 7.78. The van der Waals surface area contributed by atoms with Crippen LogP contribution in [0.3, 0.4) is 0 Å². The fourth-order valence-electron chi connectivity index (χ4n) is 3.12. The van der Waals surface area contributed by atoms with Crippen LogP contribution in [0.1, 0.15) is 12.8 Å². The maximum atomic E-state index is 5.73. The molecule has 3 rings (SSSR count). The summed E-state index contributed by atoms with van der Waals surface area (Å²) in [5.74, 6) is 0. The molecule has 0 aromatic heterocycles. The molecule has 0 amide bonds. The van der Waals surface area contributed by atoms with Gasteiger partial charge in [0.1, 0.15) is 0 Å². The van der Waals surface area contributed by atoms with Crippen molar-refractivity contribution in [3.63, 3.8) is 0 Å². The fourth-order valence-corrected chi connectivity index (χ4v) is 3.12. The molecule has 2 heterocycles. The molecule has 4 heteroatoms. The summed E-state index contributed by atoms with van der Waals surface area (Å²) in [6, 6.07) is 10.8. The van der Waals surface area contributed by atoms with Gasteiger partial charge < -0.3 is 19.3 Å². The molecule has 21 heavy (non-hydrogen) atoms. The topological polar surface area (TPSA) is 24.9 Å². The van der Waals surface area contributed by atoms with Gasteiger partial charge in [0.15, 0.2) is 0 Å². The molecular formula is C17H26N2O2. The lowest BCUT2D eigenvalue weighted by atomic mass is 10.2. The second-order valence-electron chi connectivity index (χ2n) is 5.87. The van der Waals surface area contributed by atoms with Crippen LogP contribution in [0.15, 0.2) is 30.3 Å². The van der Waals surface area contributed by atoms with E-state index >= 15 is 0 Å². The van der Waals surface area contributed by atoms with Crippen LogP contribution in [0.25, 0.3) is 0 Å². The van der Waals surface area contributed by atoms with E-state index in [1.165, 1.54) is 18.7 Å². The Balaban J connectivity index is 1.44. The summed E-state index contributed by atoms with van der Waals surface area (Å²) in [6.45, 7) is 8.01. The average molecular weight is 290 g/mol. The maximum Gasteiger partial charge on any atom is 0.0821 e. The van der Waals surface area contributed by atoms with Crippen LogP contribution in [0.2, 0.25) is 0 Å². The predicted octanol–water partition coefficient (Wildman–Crippen LogP) is 2.00. The largest absolute Gasteiger partial charge is 0.376 e. The Bertz CT molecular complexity index is 407. The van der Waals surface area contributed by atoms with Gasteiger partial charge in [0, 0.05) is 31.9 Å². The molecule has 2 aliphatic heterocycles. The van der Waals surface area contributed by atoms with E-state index in [1.807, 2.05) is 0 Å². The van der Waals surface area contributed by atoms with Gasteiger partial charge in [-0.25, -0.2) is 0 Å². The molecule has 0 bridgehead atoms. The van der Waals surface area contributed by atoms with Crippen molar-refractivity contribution < 1.29 is 9.47 Å². The summed E-state index contributed by atoms with van der Waals surface area (Å²) in [6.07, 6.45) is 2.62. The molecule has 4 nitrogen and oxygen atoms in total. The third-order valence-corrected chi connectivity index (χ3v) is 4.36. The van der Waals surface area contributed by atoms with Gasteiger partial charge in [-0.05, 0) is 31.5 Å². The van der Waals surface area contributed by atoms with Crippen molar-refractivity contribution in [1.29, 1.82) is 0 Å². The highest BCUT2D eigenvalue weighted by atomic mass is 16.6. The van der Waals surface area contributed by atoms with E-state index in [9.17, 15) is 0 Å². The van der Waals surface area contributed by atoms with Crippen molar-refractivity contribution in [1.82, 2.24) is 4.90 Å². The van der Waals surface area contributed by atoms with Crippen molar-refractivity contribution >= 4 is 5.69 Å². The monoisotopic (exact) mass is 290 g/mol. The molecule has 2 saturated heterocycles. The van der Waals surface area contributed by atoms with Gasteiger partial charge in [-0.2, -0.15) is 0 Å². The Labute approximate surface area is 127 Å². The molecule has 116 valence electrons. The van der Waals surface area contributed by atoms with Crippen LogP contribution >= 0.6 is 0 Å². The quantitative estimate of drug-likeness (QED) is 0.847. The molecule has 1 unspecified atom stereocenters. The molecular weight excluding hydrogens is 264 g/mol. The summed E-state index contributed by atoms with van der Waals surface area (Å²) in [4.78, 5) is 5.07. The van der Waals surface area contributed by atoms with Gasteiger partial charge >= 0.3 is 0 Å². The van der Waals surface area contributed by atoms with Gasteiger partial charge in [0.25, 0.3) is 0 Å². The number of para-hydroxylation sites is 1. The molecule has 0 spiro atoms. The smallest absolute Gasteiger partial charge is 0.0821 e. The minimum Gasteiger partial charge on any atom is -0.376 e. The van der Waals surface area contributed by atoms with E-state index in [1.54, 1.807) is 0 Å². The Morgan fingerprint density at radius 2 is 1.90 bits per heavy atom. The number of ether oxygens (including phenoxy) is 2. The van der Waals surface area contributed by atoms with E-state index in [0.29, 0.717) is 6.10 Å². The van der Waals surface area contributed by atoms with Gasteiger partial charge in [-0.1, -0.05) is 18.2 Å².